The number of hydrogen-bond acceptors (Lipinski definition) is 5. The van der Waals surface area contributed by atoms with E-state index in [2.05, 4.69) is 36.1 Å². The molecule has 1 atom stereocenters. The standard InChI is InChI=1S/C20H22N2O3/c1-12(2)10-13-6-8-14(9-7-13)20-21-19(22-25-20)18-11-15-16(23)4-3-5-17(15)24-18/h6-9,11-12,16,23H,3-5,10H2,1-2H3. The molecule has 0 saturated carbocycles. The van der Waals surface area contributed by atoms with E-state index in [0.29, 0.717) is 23.4 Å². The van der Waals surface area contributed by atoms with Crippen LogP contribution in [0.4, 0.5) is 0 Å². The first kappa shape index (κ1) is 16.1. The second-order valence-corrected chi connectivity index (χ2v) is 7.12. The van der Waals surface area contributed by atoms with Crippen molar-refractivity contribution in [3.8, 4) is 23.0 Å². The first-order chi connectivity index (χ1) is 12.1. The normalized spacial score (nSPS) is 17.0. The molecule has 0 aliphatic heterocycles. The van der Waals surface area contributed by atoms with Crippen molar-refractivity contribution < 1.29 is 14.0 Å². The van der Waals surface area contributed by atoms with Crippen LogP contribution in [-0.2, 0) is 12.8 Å². The van der Waals surface area contributed by atoms with Crippen LogP contribution in [0.15, 0.2) is 39.3 Å². The number of benzene rings is 1. The molecule has 4 rings (SSSR count). The van der Waals surface area contributed by atoms with Gasteiger partial charge in [-0.1, -0.05) is 31.1 Å². The highest BCUT2D eigenvalue weighted by Gasteiger charge is 2.25. The molecule has 1 N–H and O–H groups in total. The van der Waals surface area contributed by atoms with Gasteiger partial charge >= 0.3 is 0 Å². The van der Waals surface area contributed by atoms with E-state index in [-0.39, 0.29) is 0 Å². The highest BCUT2D eigenvalue weighted by Crippen LogP contribution is 2.35. The summed E-state index contributed by atoms with van der Waals surface area (Å²) in [6, 6.07) is 10.0. The average molecular weight is 338 g/mol. The fourth-order valence-electron chi connectivity index (χ4n) is 3.34. The lowest BCUT2D eigenvalue weighted by atomic mass is 9.96. The Morgan fingerprint density at radius 3 is 2.76 bits per heavy atom. The van der Waals surface area contributed by atoms with Crippen molar-refractivity contribution in [2.24, 2.45) is 5.92 Å². The third kappa shape index (κ3) is 3.24. The summed E-state index contributed by atoms with van der Waals surface area (Å²) in [4.78, 5) is 4.46. The van der Waals surface area contributed by atoms with Gasteiger partial charge in [0.1, 0.15) is 5.76 Å². The minimum absolute atomic E-state index is 0.419. The maximum absolute atomic E-state index is 10.1. The van der Waals surface area contributed by atoms with Gasteiger partial charge in [-0.3, -0.25) is 0 Å². The molecule has 0 amide bonds. The van der Waals surface area contributed by atoms with Gasteiger partial charge in [0.15, 0.2) is 5.76 Å². The fraction of sp³-hybridized carbons (Fsp3) is 0.400. The molecule has 5 heteroatoms. The Morgan fingerprint density at radius 1 is 1.24 bits per heavy atom. The van der Waals surface area contributed by atoms with E-state index in [0.717, 1.165) is 42.6 Å². The van der Waals surface area contributed by atoms with Crippen LogP contribution in [-0.4, -0.2) is 15.2 Å². The van der Waals surface area contributed by atoms with Crippen LogP contribution in [0.2, 0.25) is 0 Å². The van der Waals surface area contributed by atoms with Crippen molar-refractivity contribution in [3.05, 3.63) is 47.2 Å². The predicted octanol–water partition coefficient (Wildman–Crippen LogP) is 4.56. The molecule has 1 aliphatic carbocycles. The number of aromatic nitrogens is 2. The first-order valence-electron chi connectivity index (χ1n) is 8.84. The Bertz CT molecular complexity index is 861. The lowest BCUT2D eigenvalue weighted by Gasteiger charge is -2.15. The van der Waals surface area contributed by atoms with Crippen molar-refractivity contribution in [1.29, 1.82) is 0 Å². The number of hydrogen-bond donors (Lipinski definition) is 1. The smallest absolute Gasteiger partial charge is 0.258 e. The molecular weight excluding hydrogens is 316 g/mol. The largest absolute Gasteiger partial charge is 0.457 e. The van der Waals surface area contributed by atoms with Gasteiger partial charge in [0.05, 0.1) is 6.10 Å². The molecule has 0 fully saturated rings. The van der Waals surface area contributed by atoms with Crippen molar-refractivity contribution in [3.63, 3.8) is 0 Å². The van der Waals surface area contributed by atoms with Gasteiger partial charge in [0, 0.05) is 17.5 Å². The summed E-state index contributed by atoms with van der Waals surface area (Å²) in [6.07, 6.45) is 3.14. The molecule has 0 saturated heterocycles. The number of furan rings is 1. The molecule has 1 aliphatic rings. The Hall–Kier alpha value is -2.40. The fourth-order valence-corrected chi connectivity index (χ4v) is 3.34. The van der Waals surface area contributed by atoms with Gasteiger partial charge in [-0.05, 0) is 48.9 Å². The van der Waals surface area contributed by atoms with E-state index in [9.17, 15) is 5.11 Å². The topological polar surface area (TPSA) is 72.3 Å². The van der Waals surface area contributed by atoms with Gasteiger partial charge in [-0.25, -0.2) is 0 Å². The summed E-state index contributed by atoms with van der Waals surface area (Å²) in [5.41, 5.74) is 3.04. The summed E-state index contributed by atoms with van der Waals surface area (Å²) < 4.78 is 11.2. The quantitative estimate of drug-likeness (QED) is 0.754. The molecule has 2 heterocycles. The van der Waals surface area contributed by atoms with E-state index in [1.165, 1.54) is 5.56 Å². The van der Waals surface area contributed by atoms with Crippen LogP contribution in [0, 0.1) is 5.92 Å². The summed E-state index contributed by atoms with van der Waals surface area (Å²) in [7, 11) is 0. The monoisotopic (exact) mass is 338 g/mol. The molecule has 0 radical (unpaired) electrons. The maximum Gasteiger partial charge on any atom is 0.258 e. The molecule has 25 heavy (non-hydrogen) atoms. The van der Waals surface area contributed by atoms with Gasteiger partial charge in [-0.15, -0.1) is 0 Å². The molecule has 3 aromatic rings. The average Bonchev–Trinajstić information content (AvgIpc) is 3.22. The van der Waals surface area contributed by atoms with E-state index in [1.807, 2.05) is 18.2 Å². The van der Waals surface area contributed by atoms with Gasteiger partial charge in [0.25, 0.3) is 5.89 Å². The third-order valence-corrected chi connectivity index (χ3v) is 4.57. The number of nitrogens with zero attached hydrogens (tertiary/aromatic N) is 2. The lowest BCUT2D eigenvalue weighted by molar-refractivity contribution is 0.152. The van der Waals surface area contributed by atoms with Crippen molar-refractivity contribution in [2.45, 2.75) is 45.6 Å². The molecule has 0 spiro atoms. The van der Waals surface area contributed by atoms with Gasteiger partial charge in [0.2, 0.25) is 5.82 Å². The number of fused-ring (bicyclic) bond motifs is 1. The van der Waals surface area contributed by atoms with Crippen LogP contribution < -0.4 is 0 Å². The van der Waals surface area contributed by atoms with Crippen molar-refractivity contribution in [2.75, 3.05) is 0 Å². The van der Waals surface area contributed by atoms with Crippen LogP contribution in [0.3, 0.4) is 0 Å². The second kappa shape index (κ2) is 6.48. The Morgan fingerprint density at radius 2 is 2.04 bits per heavy atom. The van der Waals surface area contributed by atoms with Crippen LogP contribution in [0.1, 0.15) is 49.7 Å². The number of aliphatic hydroxyl groups is 1. The molecule has 1 aromatic carbocycles. The molecule has 130 valence electrons. The van der Waals surface area contributed by atoms with E-state index in [1.54, 1.807) is 0 Å². The number of aliphatic hydroxyl groups excluding tert-OH is 1. The first-order valence-corrected chi connectivity index (χ1v) is 8.84. The Labute approximate surface area is 146 Å². The summed E-state index contributed by atoms with van der Waals surface area (Å²) >= 11 is 0. The zero-order valence-corrected chi connectivity index (χ0v) is 14.5. The SMILES string of the molecule is CC(C)Cc1ccc(-c2nc(-c3cc4c(o3)CCCC4O)no2)cc1. The minimum Gasteiger partial charge on any atom is -0.457 e. The van der Waals surface area contributed by atoms with E-state index >= 15 is 0 Å². The highest BCUT2D eigenvalue weighted by atomic mass is 16.5. The highest BCUT2D eigenvalue weighted by molar-refractivity contribution is 5.58. The number of rotatable bonds is 4. The molecule has 1 unspecified atom stereocenters. The summed E-state index contributed by atoms with van der Waals surface area (Å²) in [5, 5.41) is 14.1. The van der Waals surface area contributed by atoms with Gasteiger partial charge < -0.3 is 14.0 Å². The summed E-state index contributed by atoms with van der Waals surface area (Å²) in [5.74, 6) is 2.90. The van der Waals surface area contributed by atoms with Crippen LogP contribution in [0.5, 0.6) is 0 Å². The molecule has 0 bridgehead atoms. The van der Waals surface area contributed by atoms with Crippen LogP contribution in [0.25, 0.3) is 23.0 Å². The van der Waals surface area contributed by atoms with Gasteiger partial charge in [-0.2, -0.15) is 4.98 Å². The zero-order chi connectivity index (χ0) is 17.4. The Balaban J connectivity index is 1.58. The zero-order valence-electron chi connectivity index (χ0n) is 14.5. The second-order valence-electron chi connectivity index (χ2n) is 7.12. The van der Waals surface area contributed by atoms with Crippen LogP contribution >= 0.6 is 0 Å². The van der Waals surface area contributed by atoms with E-state index < -0.39 is 6.10 Å². The van der Waals surface area contributed by atoms with E-state index in [4.69, 9.17) is 8.94 Å². The molecular formula is C20H22N2O3. The van der Waals surface area contributed by atoms with Crippen molar-refractivity contribution in [1.82, 2.24) is 10.1 Å². The molecule has 2 aromatic heterocycles. The molecule has 5 nitrogen and oxygen atoms in total. The predicted molar refractivity (Wildman–Crippen MR) is 93.9 cm³/mol. The summed E-state index contributed by atoms with van der Waals surface area (Å²) in [6.45, 7) is 4.41. The minimum atomic E-state index is -0.457. The Kier molecular flexibility index (Phi) is 4.17. The third-order valence-electron chi connectivity index (χ3n) is 4.57. The maximum atomic E-state index is 10.1. The van der Waals surface area contributed by atoms with Crippen molar-refractivity contribution >= 4 is 0 Å². The lowest BCUT2D eigenvalue weighted by Crippen LogP contribution is -2.05. The number of aryl methyl sites for hydroxylation is 1.